The lowest BCUT2D eigenvalue weighted by atomic mass is 9.93. The third-order valence-corrected chi connectivity index (χ3v) is 4.67. The average Bonchev–Trinajstić information content (AvgIpc) is 2.90. The van der Waals surface area contributed by atoms with E-state index < -0.39 is 0 Å². The maximum absolute atomic E-state index is 11.5. The number of hydrogen-bond donors (Lipinski definition) is 2. The van der Waals surface area contributed by atoms with Crippen LogP contribution in [-0.2, 0) is 4.79 Å². The van der Waals surface area contributed by atoms with Crippen LogP contribution in [0.4, 0.5) is 0 Å². The maximum atomic E-state index is 11.5. The number of unbranched alkanes of at least 4 members (excludes halogenated alkanes) is 3. The minimum atomic E-state index is 0.0527. The molecule has 1 aliphatic heterocycles. The van der Waals surface area contributed by atoms with Gasteiger partial charge in [0.15, 0.2) is 0 Å². The highest BCUT2D eigenvalue weighted by Gasteiger charge is 2.33. The molecule has 2 rings (SSSR count). The summed E-state index contributed by atoms with van der Waals surface area (Å²) >= 11 is 0. The lowest BCUT2D eigenvalue weighted by Gasteiger charge is -2.19. The first-order valence-corrected chi connectivity index (χ1v) is 8.77. The van der Waals surface area contributed by atoms with E-state index in [2.05, 4.69) is 41.4 Å². The van der Waals surface area contributed by atoms with Crippen molar-refractivity contribution in [3.05, 3.63) is 35.4 Å². The van der Waals surface area contributed by atoms with Crippen LogP contribution >= 0.6 is 0 Å². The quantitative estimate of drug-likeness (QED) is 0.724. The van der Waals surface area contributed by atoms with Crippen LogP contribution in [0.5, 0.6) is 0 Å². The first-order chi connectivity index (χ1) is 11.1. The van der Waals surface area contributed by atoms with Crippen LogP contribution in [0.3, 0.4) is 0 Å². The molecule has 0 radical (unpaired) electrons. The van der Waals surface area contributed by atoms with E-state index in [1.807, 2.05) is 0 Å². The monoisotopic (exact) mass is 318 g/mol. The van der Waals surface area contributed by atoms with Crippen LogP contribution in [0.1, 0.15) is 49.7 Å². The molecule has 2 atom stereocenters. The van der Waals surface area contributed by atoms with Crippen molar-refractivity contribution in [1.82, 2.24) is 10.2 Å². The van der Waals surface area contributed by atoms with Crippen molar-refractivity contribution in [3.63, 3.8) is 0 Å². The van der Waals surface area contributed by atoms with Gasteiger partial charge in [-0.25, -0.2) is 0 Å². The molecule has 1 saturated heterocycles. The highest BCUT2D eigenvalue weighted by Crippen LogP contribution is 2.28. The van der Waals surface area contributed by atoms with Gasteiger partial charge in [0.1, 0.15) is 0 Å². The van der Waals surface area contributed by atoms with Crippen LogP contribution in [0.2, 0.25) is 0 Å². The van der Waals surface area contributed by atoms with Gasteiger partial charge in [-0.05, 0) is 31.9 Å². The second kappa shape index (κ2) is 9.04. The number of nitrogens with one attached hydrogen (secondary N) is 1. The van der Waals surface area contributed by atoms with Crippen molar-refractivity contribution in [2.24, 2.45) is 0 Å². The lowest BCUT2D eigenvalue weighted by molar-refractivity contribution is -0.119. The minimum absolute atomic E-state index is 0.0527. The summed E-state index contributed by atoms with van der Waals surface area (Å²) in [6.07, 6.45) is 4.33. The third kappa shape index (κ3) is 5.63. The molecule has 0 aromatic heterocycles. The fraction of sp³-hybridized carbons (Fsp3) is 0.632. The van der Waals surface area contributed by atoms with Crippen LogP contribution in [0.25, 0.3) is 0 Å². The van der Waals surface area contributed by atoms with Crippen molar-refractivity contribution < 1.29 is 9.90 Å². The van der Waals surface area contributed by atoms with E-state index in [0.717, 1.165) is 45.3 Å². The van der Waals surface area contributed by atoms with Crippen molar-refractivity contribution in [3.8, 4) is 0 Å². The Bertz CT molecular complexity index is 487. The highest BCUT2D eigenvalue weighted by molar-refractivity contribution is 5.73. The molecule has 1 fully saturated rings. The largest absolute Gasteiger partial charge is 0.396 e. The Kier molecular flexibility index (Phi) is 7.06. The fourth-order valence-electron chi connectivity index (χ4n) is 3.43. The Morgan fingerprint density at radius 2 is 1.87 bits per heavy atom. The SMILES string of the molecule is CC(=O)N[C@@H]1CN(CCCCCCO)C[C@H]1c1ccc(C)cc1. The van der Waals surface area contributed by atoms with Crippen LogP contribution in [0.15, 0.2) is 24.3 Å². The molecule has 1 aliphatic rings. The van der Waals surface area contributed by atoms with E-state index in [4.69, 9.17) is 5.11 Å². The second-order valence-electron chi connectivity index (χ2n) is 6.72. The van der Waals surface area contributed by atoms with Gasteiger partial charge in [0, 0.05) is 38.6 Å². The van der Waals surface area contributed by atoms with E-state index in [1.165, 1.54) is 11.1 Å². The number of rotatable bonds is 8. The van der Waals surface area contributed by atoms with E-state index >= 15 is 0 Å². The molecular weight excluding hydrogens is 288 g/mol. The van der Waals surface area contributed by atoms with Gasteiger partial charge < -0.3 is 15.3 Å². The molecule has 0 unspecified atom stereocenters. The number of aliphatic hydroxyl groups is 1. The molecular formula is C19H30N2O2. The molecule has 0 saturated carbocycles. The molecule has 1 amide bonds. The Hall–Kier alpha value is -1.39. The number of hydrogen-bond acceptors (Lipinski definition) is 3. The molecule has 4 heteroatoms. The maximum Gasteiger partial charge on any atom is 0.217 e. The molecule has 1 aromatic carbocycles. The summed E-state index contributed by atoms with van der Waals surface area (Å²) in [5, 5.41) is 12.0. The number of aliphatic hydroxyl groups excluding tert-OH is 1. The molecule has 1 heterocycles. The van der Waals surface area contributed by atoms with Crippen molar-refractivity contribution >= 4 is 5.91 Å². The molecule has 128 valence electrons. The van der Waals surface area contributed by atoms with Crippen molar-refractivity contribution in [2.45, 2.75) is 51.5 Å². The zero-order valence-electron chi connectivity index (χ0n) is 14.4. The Morgan fingerprint density at radius 3 is 2.52 bits per heavy atom. The number of nitrogens with zero attached hydrogens (tertiary/aromatic N) is 1. The Labute approximate surface area is 139 Å². The normalized spacial score (nSPS) is 21.5. The summed E-state index contributed by atoms with van der Waals surface area (Å²) in [5.74, 6) is 0.425. The summed E-state index contributed by atoms with van der Waals surface area (Å²) in [7, 11) is 0. The number of carbonyl (C=O) groups is 1. The predicted octanol–water partition coefficient (Wildman–Crippen LogP) is 2.45. The summed E-state index contributed by atoms with van der Waals surface area (Å²) in [5.41, 5.74) is 2.58. The van der Waals surface area contributed by atoms with Gasteiger partial charge in [-0.15, -0.1) is 0 Å². The number of aryl methyl sites for hydroxylation is 1. The topological polar surface area (TPSA) is 52.6 Å². The average molecular weight is 318 g/mol. The van der Waals surface area contributed by atoms with Gasteiger partial charge in [-0.2, -0.15) is 0 Å². The van der Waals surface area contributed by atoms with Gasteiger partial charge in [0.2, 0.25) is 5.91 Å². The van der Waals surface area contributed by atoms with Crippen LogP contribution < -0.4 is 5.32 Å². The number of benzene rings is 1. The summed E-state index contributed by atoms with van der Waals surface area (Å²) in [4.78, 5) is 14.0. The number of amides is 1. The first-order valence-electron chi connectivity index (χ1n) is 8.77. The van der Waals surface area contributed by atoms with E-state index in [0.29, 0.717) is 12.5 Å². The third-order valence-electron chi connectivity index (χ3n) is 4.67. The standard InChI is InChI=1S/C19H30N2O2/c1-15-7-9-17(10-8-15)18-13-21(11-5-3-4-6-12-22)14-19(18)20-16(2)23/h7-10,18-19,22H,3-6,11-14H2,1-2H3,(H,20,23)/t18-,19+/m0/s1. The Morgan fingerprint density at radius 1 is 1.17 bits per heavy atom. The smallest absolute Gasteiger partial charge is 0.217 e. The summed E-state index contributed by atoms with van der Waals surface area (Å²) in [6, 6.07) is 8.89. The molecule has 23 heavy (non-hydrogen) atoms. The first kappa shape index (κ1) is 18.0. The molecule has 0 bridgehead atoms. The van der Waals surface area contributed by atoms with Gasteiger partial charge in [0.25, 0.3) is 0 Å². The van der Waals surface area contributed by atoms with E-state index in [-0.39, 0.29) is 11.9 Å². The number of carbonyl (C=O) groups excluding carboxylic acids is 1. The molecule has 4 nitrogen and oxygen atoms in total. The minimum Gasteiger partial charge on any atom is -0.396 e. The zero-order valence-corrected chi connectivity index (χ0v) is 14.4. The van der Waals surface area contributed by atoms with Crippen LogP contribution in [0, 0.1) is 6.92 Å². The van der Waals surface area contributed by atoms with Gasteiger partial charge in [-0.3, -0.25) is 4.79 Å². The fourth-order valence-corrected chi connectivity index (χ4v) is 3.43. The predicted molar refractivity (Wildman–Crippen MR) is 93.5 cm³/mol. The van der Waals surface area contributed by atoms with Gasteiger partial charge >= 0.3 is 0 Å². The van der Waals surface area contributed by atoms with Crippen molar-refractivity contribution in [2.75, 3.05) is 26.2 Å². The molecule has 0 aliphatic carbocycles. The molecule has 0 spiro atoms. The Balaban J connectivity index is 1.92. The molecule has 2 N–H and O–H groups in total. The second-order valence-corrected chi connectivity index (χ2v) is 6.72. The zero-order chi connectivity index (χ0) is 16.7. The summed E-state index contributed by atoms with van der Waals surface area (Å²) in [6.45, 7) is 7.01. The van der Waals surface area contributed by atoms with Gasteiger partial charge in [-0.1, -0.05) is 42.7 Å². The van der Waals surface area contributed by atoms with Crippen molar-refractivity contribution in [1.29, 1.82) is 0 Å². The lowest BCUT2D eigenvalue weighted by Crippen LogP contribution is -2.38. The highest BCUT2D eigenvalue weighted by atomic mass is 16.2. The van der Waals surface area contributed by atoms with E-state index in [1.54, 1.807) is 6.92 Å². The molecule has 1 aromatic rings. The number of likely N-dealkylation sites (tertiary alicyclic amines) is 1. The summed E-state index contributed by atoms with van der Waals surface area (Å²) < 4.78 is 0. The van der Waals surface area contributed by atoms with E-state index in [9.17, 15) is 4.79 Å². The van der Waals surface area contributed by atoms with Gasteiger partial charge in [0.05, 0.1) is 0 Å². The van der Waals surface area contributed by atoms with Crippen LogP contribution in [-0.4, -0.2) is 48.2 Å².